The summed E-state index contributed by atoms with van der Waals surface area (Å²) in [5, 5.41) is 5.31. The normalized spacial score (nSPS) is 10.3. The van der Waals surface area contributed by atoms with Crippen LogP contribution in [0.1, 0.15) is 19.4 Å². The molecule has 0 aromatic heterocycles. The van der Waals surface area contributed by atoms with Gasteiger partial charge in [-0.2, -0.15) is 0 Å². The van der Waals surface area contributed by atoms with Crippen molar-refractivity contribution in [1.29, 1.82) is 0 Å². The highest BCUT2D eigenvalue weighted by Gasteiger charge is 2.17. The number of rotatable bonds is 6. The molecule has 2 rings (SSSR count). The number of urea groups is 1. The molecule has 2 aromatic rings. The van der Waals surface area contributed by atoms with Crippen LogP contribution in [0.25, 0.3) is 0 Å². The second-order valence-electron chi connectivity index (χ2n) is 5.77. The van der Waals surface area contributed by atoms with Gasteiger partial charge in [-0.1, -0.05) is 48.5 Å². The van der Waals surface area contributed by atoms with Crippen molar-refractivity contribution in [2.24, 2.45) is 0 Å². The summed E-state index contributed by atoms with van der Waals surface area (Å²) in [5.41, 5.74) is 1.75. The van der Waals surface area contributed by atoms with E-state index in [1.807, 2.05) is 62.4 Å². The molecule has 0 saturated carbocycles. The Morgan fingerprint density at radius 3 is 2.12 bits per heavy atom. The molecule has 3 amide bonds. The highest BCUT2D eigenvalue weighted by Crippen LogP contribution is 2.08. The van der Waals surface area contributed by atoms with E-state index in [1.54, 1.807) is 17.0 Å². The van der Waals surface area contributed by atoms with Gasteiger partial charge in [0.15, 0.2) is 0 Å². The van der Waals surface area contributed by atoms with Gasteiger partial charge < -0.3 is 15.5 Å². The number of hydrogen-bond acceptors (Lipinski definition) is 2. The zero-order valence-electron chi connectivity index (χ0n) is 14.0. The number of hydrogen-bond donors (Lipinski definition) is 2. The van der Waals surface area contributed by atoms with E-state index in [-0.39, 0.29) is 18.5 Å². The van der Waals surface area contributed by atoms with Gasteiger partial charge in [0, 0.05) is 18.3 Å². The number of anilines is 1. The van der Waals surface area contributed by atoms with E-state index in [0.717, 1.165) is 5.56 Å². The molecule has 0 heterocycles. The molecule has 0 aliphatic carbocycles. The molecule has 2 N–H and O–H groups in total. The monoisotopic (exact) mass is 325 g/mol. The number of carbonyl (C=O) groups is 2. The van der Waals surface area contributed by atoms with Crippen LogP contribution in [-0.4, -0.2) is 29.4 Å². The SMILES string of the molecule is CC(C)N(Cc1ccccc1)C(=O)CNC(=O)Nc1ccccc1. The number of nitrogens with one attached hydrogen (secondary N) is 2. The second-order valence-corrected chi connectivity index (χ2v) is 5.77. The highest BCUT2D eigenvalue weighted by atomic mass is 16.2. The molecule has 5 nitrogen and oxygen atoms in total. The predicted octanol–water partition coefficient (Wildman–Crippen LogP) is 3.25. The van der Waals surface area contributed by atoms with E-state index in [2.05, 4.69) is 10.6 Å². The van der Waals surface area contributed by atoms with E-state index in [0.29, 0.717) is 12.2 Å². The fraction of sp³-hybridized carbons (Fsp3) is 0.263. The van der Waals surface area contributed by atoms with Gasteiger partial charge in [0.1, 0.15) is 0 Å². The number of amides is 3. The third-order valence-electron chi connectivity index (χ3n) is 3.57. The first-order valence-corrected chi connectivity index (χ1v) is 7.99. The molecule has 0 spiro atoms. The summed E-state index contributed by atoms with van der Waals surface area (Å²) >= 11 is 0. The highest BCUT2D eigenvalue weighted by molar-refractivity contribution is 5.92. The maximum absolute atomic E-state index is 12.4. The molecule has 0 saturated heterocycles. The topological polar surface area (TPSA) is 61.4 Å². The third-order valence-corrected chi connectivity index (χ3v) is 3.57. The number of nitrogens with zero attached hydrogens (tertiary/aromatic N) is 1. The third kappa shape index (κ3) is 5.43. The first-order valence-electron chi connectivity index (χ1n) is 7.99. The van der Waals surface area contributed by atoms with Crippen LogP contribution in [-0.2, 0) is 11.3 Å². The fourth-order valence-electron chi connectivity index (χ4n) is 2.29. The minimum absolute atomic E-state index is 0.0380. The van der Waals surface area contributed by atoms with Crippen LogP contribution in [0.4, 0.5) is 10.5 Å². The molecule has 126 valence electrons. The zero-order valence-corrected chi connectivity index (χ0v) is 14.0. The van der Waals surface area contributed by atoms with E-state index < -0.39 is 6.03 Å². The van der Waals surface area contributed by atoms with Crippen molar-refractivity contribution in [1.82, 2.24) is 10.2 Å². The van der Waals surface area contributed by atoms with E-state index in [1.165, 1.54) is 0 Å². The van der Waals surface area contributed by atoms with E-state index in [9.17, 15) is 9.59 Å². The molecule has 0 unspecified atom stereocenters. The standard InChI is InChI=1S/C19H23N3O2/c1-15(2)22(14-16-9-5-3-6-10-16)18(23)13-20-19(24)21-17-11-7-4-8-12-17/h3-12,15H,13-14H2,1-2H3,(H2,20,21,24). The lowest BCUT2D eigenvalue weighted by Gasteiger charge is -2.27. The smallest absolute Gasteiger partial charge is 0.319 e. The molecule has 0 radical (unpaired) electrons. The molecule has 0 aliphatic rings. The lowest BCUT2D eigenvalue weighted by atomic mass is 10.2. The average Bonchev–Trinajstić information content (AvgIpc) is 2.59. The van der Waals surface area contributed by atoms with E-state index >= 15 is 0 Å². The molecule has 0 bridgehead atoms. The van der Waals surface area contributed by atoms with Crippen molar-refractivity contribution in [3.05, 3.63) is 66.2 Å². The van der Waals surface area contributed by atoms with Crippen molar-refractivity contribution in [3.63, 3.8) is 0 Å². The zero-order chi connectivity index (χ0) is 17.4. The van der Waals surface area contributed by atoms with Crippen molar-refractivity contribution < 1.29 is 9.59 Å². The molecule has 24 heavy (non-hydrogen) atoms. The minimum atomic E-state index is -0.391. The van der Waals surface area contributed by atoms with Crippen molar-refractivity contribution >= 4 is 17.6 Å². The van der Waals surface area contributed by atoms with Crippen LogP contribution >= 0.6 is 0 Å². The maximum atomic E-state index is 12.4. The summed E-state index contributed by atoms with van der Waals surface area (Å²) < 4.78 is 0. The maximum Gasteiger partial charge on any atom is 0.319 e. The van der Waals surface area contributed by atoms with Crippen molar-refractivity contribution in [2.45, 2.75) is 26.4 Å². The molecule has 2 aromatic carbocycles. The van der Waals surface area contributed by atoms with Crippen molar-refractivity contribution in [2.75, 3.05) is 11.9 Å². The van der Waals surface area contributed by atoms with Gasteiger partial charge in [0.25, 0.3) is 0 Å². The minimum Gasteiger partial charge on any atom is -0.334 e. The average molecular weight is 325 g/mol. The molecule has 5 heteroatoms. The summed E-state index contributed by atoms with van der Waals surface area (Å²) in [6.07, 6.45) is 0. The van der Waals surface area contributed by atoms with Gasteiger partial charge >= 0.3 is 6.03 Å². The number of benzene rings is 2. The largest absolute Gasteiger partial charge is 0.334 e. The van der Waals surface area contributed by atoms with Gasteiger partial charge in [0.05, 0.1) is 6.54 Å². The van der Waals surface area contributed by atoms with Gasteiger partial charge in [-0.15, -0.1) is 0 Å². The molecular formula is C19H23N3O2. The molecule has 0 fully saturated rings. The molecule has 0 aliphatic heterocycles. The Labute approximate surface area is 142 Å². The van der Waals surface area contributed by atoms with Gasteiger partial charge in [-0.3, -0.25) is 4.79 Å². The van der Waals surface area contributed by atoms with Crippen LogP contribution in [0.15, 0.2) is 60.7 Å². The lowest BCUT2D eigenvalue weighted by molar-refractivity contribution is -0.132. The second kappa shape index (κ2) is 8.72. The first-order chi connectivity index (χ1) is 11.6. The Balaban J connectivity index is 1.87. The van der Waals surface area contributed by atoms with Gasteiger partial charge in [-0.25, -0.2) is 4.79 Å². The summed E-state index contributed by atoms with van der Waals surface area (Å²) in [6, 6.07) is 18.6. The van der Waals surface area contributed by atoms with Crippen LogP contribution in [0.5, 0.6) is 0 Å². The van der Waals surface area contributed by atoms with E-state index in [4.69, 9.17) is 0 Å². The Morgan fingerprint density at radius 1 is 0.958 bits per heavy atom. The predicted molar refractivity (Wildman–Crippen MR) is 95.6 cm³/mol. The van der Waals surface area contributed by atoms with Crippen LogP contribution in [0.2, 0.25) is 0 Å². The quantitative estimate of drug-likeness (QED) is 0.856. The van der Waals surface area contributed by atoms with Crippen molar-refractivity contribution in [3.8, 4) is 0 Å². The van der Waals surface area contributed by atoms with Gasteiger partial charge in [0.2, 0.25) is 5.91 Å². The Kier molecular flexibility index (Phi) is 6.37. The van der Waals surface area contributed by atoms with Crippen LogP contribution < -0.4 is 10.6 Å². The first kappa shape index (κ1) is 17.5. The number of carbonyl (C=O) groups excluding carboxylic acids is 2. The summed E-state index contributed by atoms with van der Waals surface area (Å²) in [6.45, 7) is 4.42. The van der Waals surface area contributed by atoms with Crippen LogP contribution in [0.3, 0.4) is 0 Å². The molecular weight excluding hydrogens is 302 g/mol. The summed E-state index contributed by atoms with van der Waals surface area (Å²) in [7, 11) is 0. The van der Waals surface area contributed by atoms with Crippen LogP contribution in [0, 0.1) is 0 Å². The molecule has 0 atom stereocenters. The summed E-state index contributed by atoms with van der Waals surface area (Å²) in [4.78, 5) is 26.1. The fourth-order valence-corrected chi connectivity index (χ4v) is 2.29. The Morgan fingerprint density at radius 2 is 1.54 bits per heavy atom. The lowest BCUT2D eigenvalue weighted by Crippen LogP contribution is -2.44. The van der Waals surface area contributed by atoms with Gasteiger partial charge in [-0.05, 0) is 31.5 Å². The Bertz CT molecular complexity index is 657. The number of para-hydroxylation sites is 1. The summed E-state index contributed by atoms with van der Waals surface area (Å²) in [5.74, 6) is -0.114. The Hall–Kier alpha value is -2.82.